The van der Waals surface area contributed by atoms with E-state index in [4.69, 9.17) is 5.73 Å². The highest BCUT2D eigenvalue weighted by molar-refractivity contribution is 6.43. The standard InChI is InChI=1S/C19H38BN5O6/c1-13(2)7-5-9-16(26)12-15(8-6-10-22-19(21)24-25(30)31)18(27)23-17(20(28)29)11-14(3)4/h13-15,17,28-29H,5-12H2,1-4H3,(H,23,27)(H3,21,22,24)/t15-,17+/m1/s1. The van der Waals surface area contributed by atoms with Gasteiger partial charge in [-0.15, -0.1) is 0 Å². The van der Waals surface area contributed by atoms with Gasteiger partial charge in [0, 0.05) is 25.3 Å². The van der Waals surface area contributed by atoms with Crippen molar-refractivity contribution >= 4 is 24.8 Å². The maximum absolute atomic E-state index is 12.8. The number of amides is 1. The van der Waals surface area contributed by atoms with Gasteiger partial charge in [-0.05, 0) is 37.5 Å². The maximum Gasteiger partial charge on any atom is 0.475 e. The van der Waals surface area contributed by atoms with E-state index in [0.29, 0.717) is 31.6 Å². The number of Topliss-reactive ketones (excluding diaryl/α,β-unsaturated/α-hetero) is 1. The zero-order valence-electron chi connectivity index (χ0n) is 19.0. The van der Waals surface area contributed by atoms with E-state index in [1.807, 2.05) is 13.8 Å². The molecule has 11 nitrogen and oxygen atoms in total. The number of hydrazine groups is 1. The molecule has 0 rings (SSSR count). The monoisotopic (exact) mass is 443 g/mol. The fourth-order valence-corrected chi connectivity index (χ4v) is 3.14. The molecule has 0 spiro atoms. The van der Waals surface area contributed by atoms with Gasteiger partial charge in [-0.2, -0.15) is 0 Å². The summed E-state index contributed by atoms with van der Waals surface area (Å²) < 4.78 is 0. The van der Waals surface area contributed by atoms with Crippen molar-refractivity contribution in [2.24, 2.45) is 28.5 Å². The number of guanidine groups is 1. The molecule has 0 aromatic carbocycles. The molecule has 6 N–H and O–H groups in total. The van der Waals surface area contributed by atoms with Crippen LogP contribution in [0.2, 0.25) is 0 Å². The molecule has 0 radical (unpaired) electrons. The second-order valence-corrected chi connectivity index (χ2v) is 8.66. The van der Waals surface area contributed by atoms with Gasteiger partial charge in [-0.25, -0.2) is 15.1 Å². The Bertz CT molecular complexity index is 600. The van der Waals surface area contributed by atoms with E-state index in [1.54, 1.807) is 5.43 Å². The summed E-state index contributed by atoms with van der Waals surface area (Å²) in [6, 6.07) is 0. The first-order valence-electron chi connectivity index (χ1n) is 10.8. The number of hydrogen-bond donors (Lipinski definition) is 5. The molecule has 0 aliphatic carbocycles. The number of rotatable bonds is 16. The number of nitrogens with two attached hydrogens (primary N) is 1. The molecule has 0 saturated carbocycles. The first kappa shape index (κ1) is 28.8. The highest BCUT2D eigenvalue weighted by Crippen LogP contribution is 2.17. The van der Waals surface area contributed by atoms with Gasteiger partial charge < -0.3 is 21.1 Å². The van der Waals surface area contributed by atoms with Crippen LogP contribution in [0.5, 0.6) is 0 Å². The number of nitro groups is 1. The smallest absolute Gasteiger partial charge is 0.426 e. The van der Waals surface area contributed by atoms with Crippen LogP contribution in [0, 0.1) is 27.9 Å². The molecule has 12 heteroatoms. The van der Waals surface area contributed by atoms with E-state index in [0.717, 1.165) is 12.8 Å². The molecular formula is C19H38BN5O6. The predicted molar refractivity (Wildman–Crippen MR) is 119 cm³/mol. The maximum atomic E-state index is 12.8. The van der Waals surface area contributed by atoms with Gasteiger partial charge in [0.15, 0.2) is 5.03 Å². The Morgan fingerprint density at radius 3 is 2.29 bits per heavy atom. The fraction of sp³-hybridized carbons (Fsp3) is 0.842. The largest absolute Gasteiger partial charge is 0.475 e. The lowest BCUT2D eigenvalue weighted by Crippen LogP contribution is -2.49. The Morgan fingerprint density at radius 2 is 1.77 bits per heavy atom. The van der Waals surface area contributed by atoms with Crippen molar-refractivity contribution in [3.63, 3.8) is 0 Å². The number of nitrogens with one attached hydrogen (secondary N) is 2. The minimum Gasteiger partial charge on any atom is -0.426 e. The molecule has 0 aliphatic rings. The lowest BCUT2D eigenvalue weighted by Gasteiger charge is -2.23. The lowest BCUT2D eigenvalue weighted by atomic mass is 9.74. The van der Waals surface area contributed by atoms with Crippen LogP contribution in [0.3, 0.4) is 0 Å². The summed E-state index contributed by atoms with van der Waals surface area (Å²) in [6.07, 6.45) is 3.19. The van der Waals surface area contributed by atoms with Gasteiger partial charge in [0.1, 0.15) is 5.78 Å². The zero-order valence-corrected chi connectivity index (χ0v) is 19.0. The van der Waals surface area contributed by atoms with E-state index in [9.17, 15) is 29.8 Å². The first-order chi connectivity index (χ1) is 14.4. The molecule has 2 atom stereocenters. The summed E-state index contributed by atoms with van der Waals surface area (Å²) in [5.41, 5.74) is 7.10. The lowest BCUT2D eigenvalue weighted by molar-refractivity contribution is -0.525. The van der Waals surface area contributed by atoms with Gasteiger partial charge >= 0.3 is 7.12 Å². The number of nitrogens with zero attached hydrogens (tertiary/aromatic N) is 2. The van der Waals surface area contributed by atoms with Crippen molar-refractivity contribution in [1.29, 1.82) is 0 Å². The van der Waals surface area contributed by atoms with Crippen LogP contribution < -0.4 is 16.5 Å². The number of carbonyl (C=O) groups is 2. The van der Waals surface area contributed by atoms with Crippen LogP contribution in [-0.4, -0.2) is 52.3 Å². The summed E-state index contributed by atoms with van der Waals surface area (Å²) in [7, 11) is -1.70. The van der Waals surface area contributed by atoms with Gasteiger partial charge in [0.25, 0.3) is 5.96 Å². The average Bonchev–Trinajstić information content (AvgIpc) is 2.62. The van der Waals surface area contributed by atoms with Crippen LogP contribution in [-0.2, 0) is 9.59 Å². The molecule has 0 fully saturated rings. The normalized spacial score (nSPS) is 13.7. The summed E-state index contributed by atoms with van der Waals surface area (Å²) >= 11 is 0. The van der Waals surface area contributed by atoms with Crippen molar-refractivity contribution in [3.8, 4) is 0 Å². The van der Waals surface area contributed by atoms with Crippen molar-refractivity contribution in [2.45, 2.75) is 78.6 Å². The second kappa shape index (κ2) is 15.6. The molecule has 1 amide bonds. The molecule has 0 saturated heterocycles. The fourth-order valence-electron chi connectivity index (χ4n) is 3.14. The minimum atomic E-state index is -1.70. The third kappa shape index (κ3) is 15.3. The SMILES string of the molecule is CC(C)CCCC(=O)C[C@@H](CCCN=C(N)N[N+](=O)[O-])C(=O)N[C@@H](CC(C)C)B(O)O. The molecule has 0 unspecified atom stereocenters. The van der Waals surface area contributed by atoms with Crippen LogP contribution in [0.15, 0.2) is 4.99 Å². The van der Waals surface area contributed by atoms with Gasteiger partial charge in [0.05, 0.1) is 5.94 Å². The number of aliphatic imine (C=N–C) groups is 1. The summed E-state index contributed by atoms with van der Waals surface area (Å²) in [4.78, 5) is 39.3. The molecule has 0 aliphatic heterocycles. The van der Waals surface area contributed by atoms with E-state index >= 15 is 0 Å². The molecule has 0 aromatic heterocycles. The third-order valence-corrected chi connectivity index (χ3v) is 4.69. The van der Waals surface area contributed by atoms with Crippen molar-refractivity contribution in [2.75, 3.05) is 6.54 Å². The number of ketones is 1. The van der Waals surface area contributed by atoms with Crippen molar-refractivity contribution < 1.29 is 24.7 Å². The number of hydrogen-bond acceptors (Lipinski definition) is 7. The van der Waals surface area contributed by atoms with Gasteiger partial charge in [-0.3, -0.25) is 9.59 Å². The summed E-state index contributed by atoms with van der Waals surface area (Å²) in [5.74, 6) is -1.64. The zero-order chi connectivity index (χ0) is 24.0. The minimum absolute atomic E-state index is 0.0243. The second-order valence-electron chi connectivity index (χ2n) is 8.66. The van der Waals surface area contributed by atoms with Crippen LogP contribution in [0.25, 0.3) is 0 Å². The Kier molecular flexibility index (Phi) is 14.5. The quantitative estimate of drug-likeness (QED) is 0.0580. The van der Waals surface area contributed by atoms with E-state index in [1.165, 1.54) is 0 Å². The van der Waals surface area contributed by atoms with E-state index in [2.05, 4.69) is 24.2 Å². The average molecular weight is 443 g/mol. The molecule has 31 heavy (non-hydrogen) atoms. The summed E-state index contributed by atoms with van der Waals surface area (Å²) in [5, 5.41) is 31.3. The Hall–Kier alpha value is -2.21. The molecule has 0 bridgehead atoms. The highest BCUT2D eigenvalue weighted by atomic mass is 16.7. The first-order valence-corrected chi connectivity index (χ1v) is 10.8. The Morgan fingerprint density at radius 1 is 1.13 bits per heavy atom. The van der Waals surface area contributed by atoms with E-state index < -0.39 is 29.9 Å². The van der Waals surface area contributed by atoms with Gasteiger partial charge in [0.2, 0.25) is 5.91 Å². The number of carbonyl (C=O) groups excluding carboxylic acids is 2. The molecule has 0 aromatic rings. The van der Waals surface area contributed by atoms with Crippen molar-refractivity contribution in [3.05, 3.63) is 10.1 Å². The molecular weight excluding hydrogens is 405 g/mol. The van der Waals surface area contributed by atoms with Crippen LogP contribution in [0.1, 0.15) is 72.6 Å². The summed E-state index contributed by atoms with van der Waals surface area (Å²) in [6.45, 7) is 8.11. The van der Waals surface area contributed by atoms with Gasteiger partial charge in [-0.1, -0.05) is 39.5 Å². The van der Waals surface area contributed by atoms with Crippen molar-refractivity contribution in [1.82, 2.24) is 10.7 Å². The topological polar surface area (TPSA) is 180 Å². The molecule has 0 heterocycles. The third-order valence-electron chi connectivity index (χ3n) is 4.69. The van der Waals surface area contributed by atoms with Crippen LogP contribution >= 0.6 is 0 Å². The molecule has 178 valence electrons. The van der Waals surface area contributed by atoms with E-state index in [-0.39, 0.29) is 30.6 Å². The van der Waals surface area contributed by atoms with Crippen LogP contribution in [0.4, 0.5) is 0 Å². The Labute approximate surface area is 184 Å². The predicted octanol–water partition coefficient (Wildman–Crippen LogP) is 0.807. The Balaban J connectivity index is 5.00. The highest BCUT2D eigenvalue weighted by Gasteiger charge is 2.29.